The third-order valence-electron chi connectivity index (χ3n) is 4.67. The molecule has 0 amide bonds. The fourth-order valence-corrected chi connectivity index (χ4v) is 3.36. The van der Waals surface area contributed by atoms with Gasteiger partial charge in [-0.25, -0.2) is 9.97 Å². The minimum atomic E-state index is 0.0649. The Bertz CT molecular complexity index is 905. The average Bonchev–Trinajstić information content (AvgIpc) is 3.29. The lowest BCUT2D eigenvalue weighted by atomic mass is 9.94. The Morgan fingerprint density at radius 3 is 3.00 bits per heavy atom. The molecule has 0 N–H and O–H groups in total. The Balaban J connectivity index is 1.54. The van der Waals surface area contributed by atoms with E-state index in [2.05, 4.69) is 32.2 Å². The van der Waals surface area contributed by atoms with Crippen LogP contribution in [0, 0.1) is 0 Å². The van der Waals surface area contributed by atoms with Gasteiger partial charge in [0.05, 0.1) is 0 Å². The first-order valence-electron chi connectivity index (χ1n) is 8.49. The van der Waals surface area contributed by atoms with E-state index in [1.54, 1.807) is 12.3 Å². The van der Waals surface area contributed by atoms with Gasteiger partial charge in [0.25, 0.3) is 0 Å². The van der Waals surface area contributed by atoms with E-state index in [-0.39, 0.29) is 11.7 Å². The van der Waals surface area contributed by atoms with Gasteiger partial charge in [-0.1, -0.05) is 24.2 Å². The van der Waals surface area contributed by atoms with Crippen LogP contribution in [-0.2, 0) is 12.8 Å². The van der Waals surface area contributed by atoms with Crippen LogP contribution in [0.15, 0.2) is 41.3 Å². The normalized spacial score (nSPS) is 16.0. The summed E-state index contributed by atoms with van der Waals surface area (Å²) in [6, 6.07) is 7.89. The molecule has 2 heterocycles. The quantitative estimate of drug-likeness (QED) is 0.665. The highest BCUT2D eigenvalue weighted by Crippen LogP contribution is 2.37. The van der Waals surface area contributed by atoms with Crippen LogP contribution in [0.3, 0.4) is 0 Å². The number of benzene rings is 1. The summed E-state index contributed by atoms with van der Waals surface area (Å²) in [5.74, 6) is 1.57. The number of fused-ring (bicyclic) bond motifs is 1. The molecule has 0 aliphatic heterocycles. The predicted molar refractivity (Wildman–Crippen MR) is 91.2 cm³/mol. The van der Waals surface area contributed by atoms with E-state index in [9.17, 15) is 4.79 Å². The largest absolute Gasteiger partial charge is 0.339 e. The summed E-state index contributed by atoms with van der Waals surface area (Å²) >= 11 is 0. The van der Waals surface area contributed by atoms with Crippen molar-refractivity contribution in [2.75, 3.05) is 0 Å². The van der Waals surface area contributed by atoms with Crippen LogP contribution in [0.2, 0.25) is 0 Å². The zero-order chi connectivity index (χ0) is 17.2. The SMILES string of the molecule is CCc1nc(-c2ccc3c(c2)CC[C@H]3CC(=O)c2ccncn2)no1. The number of ketones is 1. The average molecular weight is 334 g/mol. The monoisotopic (exact) mass is 334 g/mol. The second-order valence-electron chi connectivity index (χ2n) is 6.24. The second kappa shape index (κ2) is 6.55. The van der Waals surface area contributed by atoms with E-state index in [0.717, 1.165) is 24.8 Å². The van der Waals surface area contributed by atoms with E-state index in [4.69, 9.17) is 4.52 Å². The van der Waals surface area contributed by atoms with Gasteiger partial charge in [0.15, 0.2) is 5.78 Å². The highest BCUT2D eigenvalue weighted by Gasteiger charge is 2.26. The minimum absolute atomic E-state index is 0.0649. The van der Waals surface area contributed by atoms with Crippen LogP contribution < -0.4 is 0 Å². The Hall–Kier alpha value is -2.89. The molecule has 0 radical (unpaired) electrons. The maximum atomic E-state index is 12.4. The fraction of sp³-hybridized carbons (Fsp3) is 0.316. The standard InChI is InChI=1S/C19H18N4O2/c1-2-18-22-19(23-25-18)14-5-6-15-12(9-14)3-4-13(15)10-17(24)16-7-8-20-11-21-16/h5-9,11,13H,2-4,10H2,1H3/t13-/m0/s1. The molecule has 6 heteroatoms. The van der Waals surface area contributed by atoms with Crippen molar-refractivity contribution < 1.29 is 9.32 Å². The second-order valence-corrected chi connectivity index (χ2v) is 6.24. The molecule has 1 aliphatic rings. The third kappa shape index (κ3) is 3.07. The molecular formula is C19H18N4O2. The molecule has 4 rings (SSSR count). The summed E-state index contributed by atoms with van der Waals surface area (Å²) in [7, 11) is 0. The Morgan fingerprint density at radius 2 is 2.24 bits per heavy atom. The topological polar surface area (TPSA) is 81.8 Å². The number of Topliss-reactive ketones (excluding diaryl/α,β-unsaturated/α-hetero) is 1. The molecule has 3 aromatic rings. The van der Waals surface area contributed by atoms with Gasteiger partial charge >= 0.3 is 0 Å². The van der Waals surface area contributed by atoms with Crippen molar-refractivity contribution in [3.8, 4) is 11.4 Å². The summed E-state index contributed by atoms with van der Waals surface area (Å²) in [6.45, 7) is 1.99. The van der Waals surface area contributed by atoms with E-state index >= 15 is 0 Å². The fourth-order valence-electron chi connectivity index (χ4n) is 3.36. The smallest absolute Gasteiger partial charge is 0.226 e. The molecule has 1 aromatic carbocycles. The minimum Gasteiger partial charge on any atom is -0.339 e. The Labute approximate surface area is 145 Å². The number of hydrogen-bond acceptors (Lipinski definition) is 6. The molecule has 0 unspecified atom stereocenters. The van der Waals surface area contributed by atoms with Crippen molar-refractivity contribution in [2.24, 2.45) is 0 Å². The number of nitrogens with zero attached hydrogens (tertiary/aromatic N) is 4. The van der Waals surface area contributed by atoms with Crippen molar-refractivity contribution in [3.05, 3.63) is 59.5 Å². The number of rotatable bonds is 5. The van der Waals surface area contributed by atoms with Crippen LogP contribution in [0.1, 0.15) is 53.2 Å². The molecular weight excluding hydrogens is 316 g/mol. The number of aryl methyl sites for hydroxylation is 2. The highest BCUT2D eigenvalue weighted by molar-refractivity contribution is 5.94. The predicted octanol–water partition coefficient (Wildman–Crippen LogP) is 3.39. The Kier molecular flexibility index (Phi) is 4.09. The van der Waals surface area contributed by atoms with Gasteiger partial charge in [0.1, 0.15) is 12.0 Å². The van der Waals surface area contributed by atoms with E-state index in [0.29, 0.717) is 23.8 Å². The highest BCUT2D eigenvalue weighted by atomic mass is 16.5. The molecule has 1 aliphatic carbocycles. The lowest BCUT2D eigenvalue weighted by Crippen LogP contribution is -2.07. The van der Waals surface area contributed by atoms with Gasteiger partial charge in [-0.3, -0.25) is 4.79 Å². The summed E-state index contributed by atoms with van der Waals surface area (Å²) in [6.07, 6.45) is 6.16. The molecule has 2 aromatic heterocycles. The molecule has 0 spiro atoms. The number of hydrogen-bond donors (Lipinski definition) is 0. The zero-order valence-electron chi connectivity index (χ0n) is 14.0. The maximum absolute atomic E-state index is 12.4. The maximum Gasteiger partial charge on any atom is 0.226 e. The molecule has 6 nitrogen and oxygen atoms in total. The van der Waals surface area contributed by atoms with Crippen LogP contribution in [0.5, 0.6) is 0 Å². The van der Waals surface area contributed by atoms with Crippen molar-refractivity contribution in [1.29, 1.82) is 0 Å². The molecule has 0 bridgehead atoms. The first kappa shape index (κ1) is 15.6. The summed E-state index contributed by atoms with van der Waals surface area (Å²) < 4.78 is 5.19. The van der Waals surface area contributed by atoms with Crippen LogP contribution in [-0.4, -0.2) is 25.9 Å². The lowest BCUT2D eigenvalue weighted by Gasteiger charge is -2.10. The number of carbonyl (C=O) groups excluding carboxylic acids is 1. The first-order chi connectivity index (χ1) is 12.2. The Morgan fingerprint density at radius 1 is 1.32 bits per heavy atom. The van der Waals surface area contributed by atoms with E-state index in [1.165, 1.54) is 17.5 Å². The van der Waals surface area contributed by atoms with Gasteiger partial charge in [-0.05, 0) is 42.0 Å². The first-order valence-corrected chi connectivity index (χ1v) is 8.49. The van der Waals surface area contributed by atoms with Crippen LogP contribution >= 0.6 is 0 Å². The number of carbonyl (C=O) groups is 1. The van der Waals surface area contributed by atoms with Crippen LogP contribution in [0.4, 0.5) is 0 Å². The lowest BCUT2D eigenvalue weighted by molar-refractivity contribution is 0.0968. The summed E-state index contributed by atoms with van der Waals surface area (Å²) in [4.78, 5) is 24.7. The molecule has 126 valence electrons. The number of aromatic nitrogens is 4. The van der Waals surface area contributed by atoms with Gasteiger partial charge < -0.3 is 4.52 Å². The summed E-state index contributed by atoms with van der Waals surface area (Å²) in [5, 5.41) is 4.04. The molecule has 0 saturated carbocycles. The van der Waals surface area contributed by atoms with Crippen LogP contribution in [0.25, 0.3) is 11.4 Å². The van der Waals surface area contributed by atoms with Crippen molar-refractivity contribution >= 4 is 5.78 Å². The van der Waals surface area contributed by atoms with E-state index < -0.39 is 0 Å². The van der Waals surface area contributed by atoms with Crippen molar-refractivity contribution in [1.82, 2.24) is 20.1 Å². The zero-order valence-corrected chi connectivity index (χ0v) is 14.0. The van der Waals surface area contributed by atoms with Crippen molar-refractivity contribution in [3.63, 3.8) is 0 Å². The molecule has 1 atom stereocenters. The van der Waals surface area contributed by atoms with Gasteiger partial charge in [-0.15, -0.1) is 0 Å². The van der Waals surface area contributed by atoms with E-state index in [1.807, 2.05) is 13.0 Å². The van der Waals surface area contributed by atoms with Crippen molar-refractivity contribution in [2.45, 2.75) is 38.5 Å². The molecule has 25 heavy (non-hydrogen) atoms. The van der Waals surface area contributed by atoms with Gasteiger partial charge in [-0.2, -0.15) is 4.98 Å². The molecule has 0 saturated heterocycles. The van der Waals surface area contributed by atoms with Gasteiger partial charge in [0, 0.05) is 24.6 Å². The summed E-state index contributed by atoms with van der Waals surface area (Å²) in [5.41, 5.74) is 3.95. The van der Waals surface area contributed by atoms with Gasteiger partial charge in [0.2, 0.25) is 11.7 Å². The molecule has 0 fully saturated rings. The third-order valence-corrected chi connectivity index (χ3v) is 4.67.